The summed E-state index contributed by atoms with van der Waals surface area (Å²) in [6.07, 6.45) is 1.59. The van der Waals surface area contributed by atoms with Crippen molar-refractivity contribution >= 4 is 5.78 Å². The molecule has 12 heavy (non-hydrogen) atoms. The van der Waals surface area contributed by atoms with E-state index in [9.17, 15) is 13.6 Å². The van der Waals surface area contributed by atoms with Crippen LogP contribution in [0.3, 0.4) is 0 Å². The molecule has 1 unspecified atom stereocenters. The summed E-state index contributed by atoms with van der Waals surface area (Å²) >= 11 is 0. The Balaban J connectivity index is 2.41. The van der Waals surface area contributed by atoms with Crippen LogP contribution in [-0.2, 0) is 4.79 Å². The third-order valence-electron chi connectivity index (χ3n) is 2.32. The Morgan fingerprint density at radius 1 is 1.58 bits per heavy atom. The first-order chi connectivity index (χ1) is 5.49. The van der Waals surface area contributed by atoms with Gasteiger partial charge in [-0.15, -0.1) is 0 Å². The second-order valence-electron chi connectivity index (χ2n) is 3.72. The van der Waals surface area contributed by atoms with Gasteiger partial charge in [-0.25, -0.2) is 8.78 Å². The van der Waals surface area contributed by atoms with Crippen molar-refractivity contribution < 1.29 is 13.6 Å². The highest BCUT2D eigenvalue weighted by atomic mass is 19.3. The van der Waals surface area contributed by atoms with Crippen molar-refractivity contribution in [3.8, 4) is 0 Å². The van der Waals surface area contributed by atoms with Crippen molar-refractivity contribution in [3.05, 3.63) is 0 Å². The number of carbonyl (C=O) groups excluding carboxylic acids is 1. The SMILES string of the molecule is CC(=O)CC1CCCC(F)(F)C1. The monoisotopic (exact) mass is 176 g/mol. The predicted octanol–water partition coefficient (Wildman–Crippen LogP) is 2.79. The van der Waals surface area contributed by atoms with E-state index in [1.165, 1.54) is 6.92 Å². The van der Waals surface area contributed by atoms with Gasteiger partial charge in [0.05, 0.1) is 0 Å². The summed E-state index contributed by atoms with van der Waals surface area (Å²) in [5.74, 6) is -2.57. The largest absolute Gasteiger partial charge is 0.300 e. The van der Waals surface area contributed by atoms with Crippen LogP contribution in [-0.4, -0.2) is 11.7 Å². The zero-order valence-electron chi connectivity index (χ0n) is 7.28. The highest BCUT2D eigenvalue weighted by molar-refractivity contribution is 5.75. The zero-order valence-corrected chi connectivity index (χ0v) is 7.28. The summed E-state index contributed by atoms with van der Waals surface area (Å²) in [5, 5.41) is 0. The zero-order chi connectivity index (χ0) is 9.19. The van der Waals surface area contributed by atoms with E-state index in [1.54, 1.807) is 0 Å². The Kier molecular flexibility index (Phi) is 2.80. The summed E-state index contributed by atoms with van der Waals surface area (Å²) in [5.41, 5.74) is 0. The Bertz CT molecular complexity index is 177. The molecule has 0 heterocycles. The molecule has 1 rings (SSSR count). The molecule has 0 aromatic heterocycles. The lowest BCUT2D eigenvalue weighted by Crippen LogP contribution is -2.26. The lowest BCUT2D eigenvalue weighted by atomic mass is 9.84. The van der Waals surface area contributed by atoms with Gasteiger partial charge in [0.15, 0.2) is 0 Å². The fourth-order valence-electron chi connectivity index (χ4n) is 1.86. The van der Waals surface area contributed by atoms with Crippen molar-refractivity contribution in [3.63, 3.8) is 0 Å². The van der Waals surface area contributed by atoms with Crippen LogP contribution < -0.4 is 0 Å². The van der Waals surface area contributed by atoms with E-state index >= 15 is 0 Å². The van der Waals surface area contributed by atoms with Crippen LogP contribution in [0.15, 0.2) is 0 Å². The molecule has 0 N–H and O–H groups in total. The van der Waals surface area contributed by atoms with Crippen LogP contribution in [0, 0.1) is 5.92 Å². The first-order valence-electron chi connectivity index (χ1n) is 4.37. The van der Waals surface area contributed by atoms with Gasteiger partial charge < -0.3 is 4.79 Å². The summed E-state index contributed by atoms with van der Waals surface area (Å²) in [7, 11) is 0. The normalized spacial score (nSPS) is 28.4. The van der Waals surface area contributed by atoms with Gasteiger partial charge >= 0.3 is 0 Å². The first-order valence-corrected chi connectivity index (χ1v) is 4.37. The quantitative estimate of drug-likeness (QED) is 0.632. The summed E-state index contributed by atoms with van der Waals surface area (Å²) in [6.45, 7) is 1.47. The summed E-state index contributed by atoms with van der Waals surface area (Å²) in [4.78, 5) is 10.7. The van der Waals surface area contributed by atoms with Gasteiger partial charge in [-0.05, 0) is 25.7 Å². The van der Waals surface area contributed by atoms with E-state index in [0.717, 1.165) is 6.42 Å². The maximum atomic E-state index is 12.8. The Morgan fingerprint density at radius 3 is 2.75 bits per heavy atom. The maximum absolute atomic E-state index is 12.8. The molecule has 70 valence electrons. The van der Waals surface area contributed by atoms with Crippen LogP contribution in [0.5, 0.6) is 0 Å². The topological polar surface area (TPSA) is 17.1 Å². The third-order valence-corrected chi connectivity index (χ3v) is 2.32. The average molecular weight is 176 g/mol. The lowest BCUT2D eigenvalue weighted by molar-refractivity contribution is -0.119. The smallest absolute Gasteiger partial charge is 0.248 e. The molecule has 0 aromatic rings. The van der Waals surface area contributed by atoms with Gasteiger partial charge in [-0.2, -0.15) is 0 Å². The molecule has 1 fully saturated rings. The second kappa shape index (κ2) is 3.50. The molecule has 0 aromatic carbocycles. The number of hydrogen-bond donors (Lipinski definition) is 0. The van der Waals surface area contributed by atoms with Gasteiger partial charge in [0.1, 0.15) is 5.78 Å². The number of ketones is 1. The van der Waals surface area contributed by atoms with Gasteiger partial charge in [0.2, 0.25) is 5.92 Å². The highest BCUT2D eigenvalue weighted by Crippen LogP contribution is 2.37. The van der Waals surface area contributed by atoms with E-state index in [4.69, 9.17) is 0 Å². The van der Waals surface area contributed by atoms with E-state index in [0.29, 0.717) is 12.8 Å². The maximum Gasteiger partial charge on any atom is 0.248 e. The molecule has 1 nitrogen and oxygen atoms in total. The van der Waals surface area contributed by atoms with Gasteiger partial charge in [0.25, 0.3) is 0 Å². The van der Waals surface area contributed by atoms with E-state index < -0.39 is 5.92 Å². The minimum atomic E-state index is -2.52. The van der Waals surface area contributed by atoms with Crippen molar-refractivity contribution in [2.24, 2.45) is 5.92 Å². The molecule has 0 amide bonds. The van der Waals surface area contributed by atoms with Gasteiger partial charge in [-0.1, -0.05) is 0 Å². The standard InChI is InChI=1S/C9H14F2O/c1-7(12)5-8-3-2-4-9(10,11)6-8/h8H,2-6H2,1H3. The molecule has 1 aliphatic carbocycles. The fourth-order valence-corrected chi connectivity index (χ4v) is 1.86. The third kappa shape index (κ3) is 2.88. The van der Waals surface area contributed by atoms with Crippen LogP contribution >= 0.6 is 0 Å². The molecular formula is C9H14F2O. The summed E-state index contributed by atoms with van der Waals surface area (Å²) < 4.78 is 25.6. The van der Waals surface area contributed by atoms with Crippen molar-refractivity contribution in [2.75, 3.05) is 0 Å². The second-order valence-corrected chi connectivity index (χ2v) is 3.72. The number of halogens is 2. The van der Waals surface area contributed by atoms with E-state index in [1.807, 2.05) is 0 Å². The molecule has 1 atom stereocenters. The Morgan fingerprint density at radius 2 is 2.25 bits per heavy atom. The molecule has 0 bridgehead atoms. The molecule has 0 spiro atoms. The number of Topliss-reactive ketones (excluding diaryl/α,β-unsaturated/α-hetero) is 1. The molecule has 3 heteroatoms. The predicted molar refractivity (Wildman–Crippen MR) is 42.2 cm³/mol. The lowest BCUT2D eigenvalue weighted by Gasteiger charge is -2.28. The summed E-state index contributed by atoms with van der Waals surface area (Å²) in [6, 6.07) is 0. The molecule has 0 radical (unpaired) electrons. The van der Waals surface area contributed by atoms with Gasteiger partial charge in [-0.3, -0.25) is 0 Å². The average Bonchev–Trinajstić information content (AvgIpc) is 1.82. The fraction of sp³-hybridized carbons (Fsp3) is 0.889. The molecule has 0 saturated heterocycles. The van der Waals surface area contributed by atoms with Crippen LogP contribution in [0.4, 0.5) is 8.78 Å². The number of alkyl halides is 2. The number of hydrogen-bond acceptors (Lipinski definition) is 1. The van der Waals surface area contributed by atoms with Gasteiger partial charge in [0, 0.05) is 19.3 Å². The van der Waals surface area contributed by atoms with E-state index in [-0.39, 0.29) is 24.5 Å². The van der Waals surface area contributed by atoms with Crippen molar-refractivity contribution in [1.29, 1.82) is 0 Å². The molecular weight excluding hydrogens is 162 g/mol. The molecule has 0 aliphatic heterocycles. The van der Waals surface area contributed by atoms with Crippen molar-refractivity contribution in [1.82, 2.24) is 0 Å². The van der Waals surface area contributed by atoms with Crippen LogP contribution in [0.2, 0.25) is 0 Å². The minimum absolute atomic E-state index is 0.00139. The Labute approximate surface area is 71.1 Å². The number of rotatable bonds is 2. The van der Waals surface area contributed by atoms with Crippen molar-refractivity contribution in [2.45, 2.75) is 45.0 Å². The first kappa shape index (κ1) is 9.62. The van der Waals surface area contributed by atoms with Crippen LogP contribution in [0.1, 0.15) is 39.0 Å². The highest BCUT2D eigenvalue weighted by Gasteiger charge is 2.36. The number of carbonyl (C=O) groups is 1. The Hall–Kier alpha value is -0.470. The van der Waals surface area contributed by atoms with Crippen LogP contribution in [0.25, 0.3) is 0 Å². The minimum Gasteiger partial charge on any atom is -0.300 e. The molecule has 1 saturated carbocycles. The van der Waals surface area contributed by atoms with E-state index in [2.05, 4.69) is 0 Å². The molecule has 1 aliphatic rings.